The van der Waals surface area contributed by atoms with Gasteiger partial charge in [0.1, 0.15) is 5.76 Å². The van der Waals surface area contributed by atoms with Gasteiger partial charge in [-0.05, 0) is 43.0 Å². The van der Waals surface area contributed by atoms with Crippen molar-refractivity contribution in [3.8, 4) is 22.3 Å². The van der Waals surface area contributed by atoms with Crippen molar-refractivity contribution in [3.63, 3.8) is 0 Å². The number of carbonyl (C=O) groups is 2. The van der Waals surface area contributed by atoms with E-state index in [0.29, 0.717) is 41.9 Å². The summed E-state index contributed by atoms with van der Waals surface area (Å²) in [4.78, 5) is 29.3. The van der Waals surface area contributed by atoms with Crippen LogP contribution in [-0.2, 0) is 22.6 Å². The Hall–Kier alpha value is -3.33. The molecule has 31 heavy (non-hydrogen) atoms. The van der Waals surface area contributed by atoms with Crippen molar-refractivity contribution >= 4 is 23.2 Å². The summed E-state index contributed by atoms with van der Waals surface area (Å²) in [5.74, 6) is 1.75. The van der Waals surface area contributed by atoms with Gasteiger partial charge in [0.05, 0.1) is 24.1 Å². The van der Waals surface area contributed by atoms with Crippen molar-refractivity contribution in [1.82, 2.24) is 15.6 Å². The molecule has 9 heteroatoms. The summed E-state index contributed by atoms with van der Waals surface area (Å²) in [6.07, 6.45) is 0.131. The lowest BCUT2D eigenvalue weighted by atomic mass is 10.2. The highest BCUT2D eigenvalue weighted by atomic mass is 32.1. The van der Waals surface area contributed by atoms with Gasteiger partial charge in [0, 0.05) is 13.1 Å². The lowest BCUT2D eigenvalue weighted by Crippen LogP contribution is -2.28. The van der Waals surface area contributed by atoms with Gasteiger partial charge in [0.2, 0.25) is 11.8 Å². The number of aromatic nitrogens is 1. The predicted octanol–water partition coefficient (Wildman–Crippen LogP) is 3.09. The number of thiophene rings is 1. The first kappa shape index (κ1) is 22.4. The monoisotopic (exact) mass is 443 g/mol. The van der Waals surface area contributed by atoms with Crippen molar-refractivity contribution in [2.24, 2.45) is 0 Å². The maximum atomic E-state index is 12.4. The Morgan fingerprint density at radius 3 is 2.71 bits per heavy atom. The molecule has 2 aromatic heterocycles. The number of rotatable bonds is 10. The minimum atomic E-state index is -0.203. The van der Waals surface area contributed by atoms with E-state index in [1.54, 1.807) is 19.1 Å². The van der Waals surface area contributed by atoms with Crippen LogP contribution in [0.3, 0.4) is 0 Å². The van der Waals surface area contributed by atoms with Gasteiger partial charge in [-0.15, -0.1) is 11.3 Å². The Morgan fingerprint density at radius 1 is 1.16 bits per heavy atom. The number of aryl methyl sites for hydroxylation is 1. The first-order chi connectivity index (χ1) is 15.0. The van der Waals surface area contributed by atoms with Gasteiger partial charge < -0.3 is 24.5 Å². The molecule has 3 rings (SSSR count). The van der Waals surface area contributed by atoms with Crippen LogP contribution in [0.25, 0.3) is 10.8 Å². The van der Waals surface area contributed by atoms with Crippen LogP contribution in [-0.4, -0.2) is 37.1 Å². The van der Waals surface area contributed by atoms with Gasteiger partial charge in [-0.3, -0.25) is 9.59 Å². The van der Waals surface area contributed by atoms with Crippen molar-refractivity contribution in [2.75, 3.05) is 20.3 Å². The molecule has 2 amide bonds. The summed E-state index contributed by atoms with van der Waals surface area (Å²) in [5, 5.41) is 7.50. The quantitative estimate of drug-likeness (QED) is 0.499. The molecule has 3 aromatic rings. The third-order valence-corrected chi connectivity index (χ3v) is 5.26. The topological polar surface area (TPSA) is 103 Å². The first-order valence-corrected chi connectivity index (χ1v) is 10.7. The van der Waals surface area contributed by atoms with Crippen LogP contribution < -0.4 is 20.1 Å². The van der Waals surface area contributed by atoms with Crippen molar-refractivity contribution < 1.29 is 23.5 Å². The van der Waals surface area contributed by atoms with Crippen LogP contribution in [0, 0.1) is 6.92 Å². The molecule has 0 saturated heterocycles. The Bertz CT molecular complexity index is 1030. The maximum absolute atomic E-state index is 12.4. The Morgan fingerprint density at radius 2 is 2.00 bits per heavy atom. The van der Waals surface area contributed by atoms with Crippen LogP contribution in [0.5, 0.6) is 11.5 Å². The summed E-state index contributed by atoms with van der Waals surface area (Å²) in [5.41, 5.74) is 1.46. The smallest absolute Gasteiger partial charge is 0.257 e. The van der Waals surface area contributed by atoms with Gasteiger partial charge in [-0.1, -0.05) is 12.1 Å². The fourth-order valence-corrected chi connectivity index (χ4v) is 3.49. The predicted molar refractivity (Wildman–Crippen MR) is 117 cm³/mol. The number of carbonyl (C=O) groups excluding carboxylic acids is 2. The van der Waals surface area contributed by atoms with Crippen LogP contribution >= 0.6 is 11.3 Å². The molecule has 2 N–H and O–H groups in total. The van der Waals surface area contributed by atoms with E-state index in [-0.39, 0.29) is 24.8 Å². The molecular formula is C22H25N3O5S. The highest BCUT2D eigenvalue weighted by Gasteiger charge is 2.15. The molecule has 2 heterocycles. The normalized spacial score (nSPS) is 10.5. The summed E-state index contributed by atoms with van der Waals surface area (Å²) < 4.78 is 16.5. The van der Waals surface area contributed by atoms with Crippen molar-refractivity contribution in [2.45, 2.75) is 26.8 Å². The summed E-state index contributed by atoms with van der Waals surface area (Å²) >= 11 is 1.54. The number of methoxy groups -OCH3 is 1. The van der Waals surface area contributed by atoms with Crippen LogP contribution in [0.15, 0.2) is 40.1 Å². The van der Waals surface area contributed by atoms with E-state index in [0.717, 1.165) is 10.4 Å². The number of hydrogen-bond donors (Lipinski definition) is 2. The lowest BCUT2D eigenvalue weighted by molar-refractivity contribution is -0.123. The SMILES string of the molecule is CCNC(=O)COc1ccc(CNC(=O)Cc2nc(-c3cccs3)oc2C)cc1OC. The van der Waals surface area contributed by atoms with Crippen LogP contribution in [0.4, 0.5) is 0 Å². The van der Waals surface area contributed by atoms with Gasteiger partial charge >= 0.3 is 0 Å². The van der Waals surface area contributed by atoms with Gasteiger partial charge in [-0.25, -0.2) is 4.98 Å². The standard InChI is InChI=1S/C22H25N3O5S/c1-4-23-21(27)13-29-17-8-7-15(10-18(17)28-3)12-24-20(26)11-16-14(2)30-22(25-16)19-6-5-9-31-19/h5-10H,4,11-13H2,1-3H3,(H,23,27)(H,24,26). The Kier molecular flexibility index (Phi) is 7.66. The molecule has 0 aliphatic carbocycles. The van der Waals surface area contributed by atoms with E-state index in [2.05, 4.69) is 15.6 Å². The zero-order valence-corrected chi connectivity index (χ0v) is 18.5. The molecule has 1 aromatic carbocycles. The first-order valence-electron chi connectivity index (χ1n) is 9.83. The molecule has 0 saturated carbocycles. The second kappa shape index (κ2) is 10.6. The molecule has 164 valence electrons. The number of nitrogens with zero attached hydrogens (tertiary/aromatic N) is 1. The Labute approximate surface area is 184 Å². The molecule has 8 nitrogen and oxygen atoms in total. The zero-order valence-electron chi connectivity index (χ0n) is 17.7. The number of benzene rings is 1. The van der Waals surface area contributed by atoms with E-state index < -0.39 is 0 Å². The molecule has 0 aliphatic heterocycles. The average Bonchev–Trinajstić information content (AvgIpc) is 3.41. The van der Waals surface area contributed by atoms with Crippen molar-refractivity contribution in [1.29, 1.82) is 0 Å². The summed E-state index contributed by atoms with van der Waals surface area (Å²) in [7, 11) is 1.52. The fourth-order valence-electron chi connectivity index (χ4n) is 2.85. The highest BCUT2D eigenvalue weighted by molar-refractivity contribution is 7.13. The Balaban J connectivity index is 1.56. The average molecular weight is 444 g/mol. The minimum absolute atomic E-state index is 0.0925. The lowest BCUT2D eigenvalue weighted by Gasteiger charge is -2.12. The largest absolute Gasteiger partial charge is 0.493 e. The van der Waals surface area contributed by atoms with Gasteiger partial charge in [0.25, 0.3) is 5.91 Å². The molecule has 0 radical (unpaired) electrons. The van der Waals surface area contributed by atoms with E-state index in [4.69, 9.17) is 13.9 Å². The molecular weight excluding hydrogens is 418 g/mol. The van der Waals surface area contributed by atoms with Crippen LogP contribution in [0.2, 0.25) is 0 Å². The molecule has 0 spiro atoms. The molecule has 0 bridgehead atoms. The second-order valence-corrected chi connectivity index (χ2v) is 7.63. The number of likely N-dealkylation sites (N-methyl/N-ethyl adjacent to an activating group) is 1. The van der Waals surface area contributed by atoms with E-state index in [1.165, 1.54) is 18.4 Å². The number of amides is 2. The van der Waals surface area contributed by atoms with E-state index in [1.807, 2.05) is 30.5 Å². The number of nitrogens with one attached hydrogen (secondary N) is 2. The number of oxazole rings is 1. The van der Waals surface area contributed by atoms with Crippen molar-refractivity contribution in [3.05, 3.63) is 52.7 Å². The molecule has 0 fully saturated rings. The maximum Gasteiger partial charge on any atom is 0.257 e. The number of hydrogen-bond acceptors (Lipinski definition) is 7. The van der Waals surface area contributed by atoms with Gasteiger partial charge in [-0.2, -0.15) is 0 Å². The third kappa shape index (κ3) is 6.08. The van der Waals surface area contributed by atoms with Crippen LogP contribution in [0.1, 0.15) is 23.9 Å². The highest BCUT2D eigenvalue weighted by Crippen LogP contribution is 2.28. The molecule has 0 aliphatic rings. The van der Waals surface area contributed by atoms with E-state index >= 15 is 0 Å². The third-order valence-electron chi connectivity index (χ3n) is 4.40. The fraction of sp³-hybridized carbons (Fsp3) is 0.318. The van der Waals surface area contributed by atoms with Gasteiger partial charge in [0.15, 0.2) is 18.1 Å². The number of ether oxygens (including phenoxy) is 2. The summed E-state index contributed by atoms with van der Waals surface area (Å²) in [6, 6.07) is 9.15. The zero-order chi connectivity index (χ0) is 22.2. The van der Waals surface area contributed by atoms with E-state index in [9.17, 15) is 9.59 Å². The second-order valence-electron chi connectivity index (χ2n) is 6.68. The molecule has 0 atom stereocenters. The summed E-state index contributed by atoms with van der Waals surface area (Å²) in [6.45, 7) is 4.41. The molecule has 0 unspecified atom stereocenters. The minimum Gasteiger partial charge on any atom is -0.493 e.